The maximum Gasteiger partial charge on any atom is 0.239 e. The molecule has 1 atom stereocenters. The third-order valence-electron chi connectivity index (χ3n) is 4.63. The molecule has 5 heteroatoms. The normalized spacial score (nSPS) is 22.3. The minimum atomic E-state index is -0.528. The van der Waals surface area contributed by atoms with Gasteiger partial charge < -0.3 is 14.5 Å². The van der Waals surface area contributed by atoms with Gasteiger partial charge >= 0.3 is 0 Å². The molecule has 1 aromatic carbocycles. The first-order chi connectivity index (χ1) is 10.6. The molecular weight excluding hydrogens is 280 g/mol. The van der Waals surface area contributed by atoms with Gasteiger partial charge in [0.15, 0.2) is 0 Å². The van der Waals surface area contributed by atoms with Crippen molar-refractivity contribution in [1.29, 1.82) is 0 Å². The van der Waals surface area contributed by atoms with E-state index in [-0.39, 0.29) is 11.8 Å². The van der Waals surface area contributed by atoms with E-state index in [4.69, 9.17) is 4.74 Å². The Morgan fingerprint density at radius 3 is 2.55 bits per heavy atom. The second-order valence-corrected chi connectivity index (χ2v) is 6.04. The van der Waals surface area contributed by atoms with Crippen LogP contribution >= 0.6 is 0 Å². The maximum atomic E-state index is 12.6. The minimum Gasteiger partial charge on any atom is -0.378 e. The Balaban J connectivity index is 1.73. The SMILES string of the molecule is Cc1ccc(N2CCC(C(=O)N3CCOCC3)C2=O)cc1C. The second-order valence-electron chi connectivity index (χ2n) is 6.04. The highest BCUT2D eigenvalue weighted by Crippen LogP contribution is 2.28. The highest BCUT2D eigenvalue weighted by molar-refractivity contribution is 6.09. The van der Waals surface area contributed by atoms with Crippen molar-refractivity contribution in [3.05, 3.63) is 29.3 Å². The van der Waals surface area contributed by atoms with Crippen molar-refractivity contribution in [2.24, 2.45) is 5.92 Å². The molecule has 118 valence electrons. The van der Waals surface area contributed by atoms with Crippen LogP contribution in [0.1, 0.15) is 17.5 Å². The summed E-state index contributed by atoms with van der Waals surface area (Å²) in [6.07, 6.45) is 0.599. The van der Waals surface area contributed by atoms with Crippen molar-refractivity contribution in [3.8, 4) is 0 Å². The molecule has 0 bridgehead atoms. The van der Waals surface area contributed by atoms with Crippen LogP contribution < -0.4 is 4.90 Å². The Bertz CT molecular complexity index is 594. The van der Waals surface area contributed by atoms with Crippen LogP contribution in [0.3, 0.4) is 0 Å². The first-order valence-electron chi connectivity index (χ1n) is 7.83. The molecule has 1 unspecified atom stereocenters. The lowest BCUT2D eigenvalue weighted by Crippen LogP contribution is -2.45. The topological polar surface area (TPSA) is 49.9 Å². The van der Waals surface area contributed by atoms with Gasteiger partial charge in [0.2, 0.25) is 11.8 Å². The van der Waals surface area contributed by atoms with Crippen LogP contribution in [-0.2, 0) is 14.3 Å². The van der Waals surface area contributed by atoms with Crippen LogP contribution in [0.4, 0.5) is 5.69 Å². The highest BCUT2D eigenvalue weighted by atomic mass is 16.5. The highest BCUT2D eigenvalue weighted by Gasteiger charge is 2.39. The summed E-state index contributed by atoms with van der Waals surface area (Å²) in [6, 6.07) is 6.01. The standard InChI is InChI=1S/C17H22N2O3/c1-12-3-4-14(11-13(12)2)19-6-5-15(17(19)21)16(20)18-7-9-22-10-8-18/h3-4,11,15H,5-10H2,1-2H3. The smallest absolute Gasteiger partial charge is 0.239 e. The fraction of sp³-hybridized carbons (Fsp3) is 0.529. The molecule has 0 spiro atoms. The Labute approximate surface area is 130 Å². The first-order valence-corrected chi connectivity index (χ1v) is 7.83. The summed E-state index contributed by atoms with van der Waals surface area (Å²) in [7, 11) is 0. The fourth-order valence-corrected chi connectivity index (χ4v) is 3.06. The van der Waals surface area contributed by atoms with Crippen LogP contribution in [0.2, 0.25) is 0 Å². The van der Waals surface area contributed by atoms with E-state index >= 15 is 0 Å². The molecule has 2 saturated heterocycles. The van der Waals surface area contributed by atoms with Crippen LogP contribution in [0.15, 0.2) is 18.2 Å². The van der Waals surface area contributed by atoms with Gasteiger partial charge in [-0.15, -0.1) is 0 Å². The summed E-state index contributed by atoms with van der Waals surface area (Å²) < 4.78 is 5.26. The minimum absolute atomic E-state index is 0.0420. The van der Waals surface area contributed by atoms with Crippen LogP contribution in [-0.4, -0.2) is 49.6 Å². The molecule has 2 aliphatic rings. The van der Waals surface area contributed by atoms with E-state index in [1.807, 2.05) is 25.1 Å². The van der Waals surface area contributed by atoms with Gasteiger partial charge in [-0.05, 0) is 43.5 Å². The number of anilines is 1. The van der Waals surface area contributed by atoms with Gasteiger partial charge in [-0.2, -0.15) is 0 Å². The van der Waals surface area contributed by atoms with E-state index in [0.717, 1.165) is 11.3 Å². The van der Waals surface area contributed by atoms with Crippen molar-refractivity contribution in [1.82, 2.24) is 4.90 Å². The van der Waals surface area contributed by atoms with Crippen LogP contribution in [0.5, 0.6) is 0 Å². The molecule has 5 nitrogen and oxygen atoms in total. The van der Waals surface area contributed by atoms with E-state index in [9.17, 15) is 9.59 Å². The molecule has 2 aliphatic heterocycles. The number of morpholine rings is 1. The number of rotatable bonds is 2. The molecule has 0 N–H and O–H groups in total. The fourth-order valence-electron chi connectivity index (χ4n) is 3.06. The maximum absolute atomic E-state index is 12.6. The number of carbonyl (C=O) groups excluding carboxylic acids is 2. The number of carbonyl (C=O) groups is 2. The molecule has 2 amide bonds. The van der Waals surface area contributed by atoms with Gasteiger partial charge in [0.05, 0.1) is 13.2 Å². The summed E-state index contributed by atoms with van der Waals surface area (Å²) in [6.45, 7) is 7.01. The van der Waals surface area contributed by atoms with Crippen molar-refractivity contribution in [3.63, 3.8) is 0 Å². The van der Waals surface area contributed by atoms with E-state index < -0.39 is 5.92 Å². The van der Waals surface area contributed by atoms with E-state index in [0.29, 0.717) is 39.3 Å². The van der Waals surface area contributed by atoms with Crippen LogP contribution in [0.25, 0.3) is 0 Å². The number of hydrogen-bond donors (Lipinski definition) is 0. The molecule has 0 radical (unpaired) electrons. The number of nitrogens with zero attached hydrogens (tertiary/aromatic N) is 2. The number of benzene rings is 1. The Morgan fingerprint density at radius 2 is 1.86 bits per heavy atom. The molecule has 2 heterocycles. The van der Waals surface area contributed by atoms with E-state index in [1.165, 1.54) is 5.56 Å². The van der Waals surface area contributed by atoms with Gasteiger partial charge in [0, 0.05) is 25.3 Å². The van der Waals surface area contributed by atoms with Crippen molar-refractivity contribution in [2.75, 3.05) is 37.7 Å². The predicted molar refractivity (Wildman–Crippen MR) is 83.8 cm³/mol. The van der Waals surface area contributed by atoms with Crippen molar-refractivity contribution in [2.45, 2.75) is 20.3 Å². The molecule has 22 heavy (non-hydrogen) atoms. The average Bonchev–Trinajstić information content (AvgIpc) is 2.92. The lowest BCUT2D eigenvalue weighted by Gasteiger charge is -2.28. The van der Waals surface area contributed by atoms with Gasteiger partial charge in [0.1, 0.15) is 5.92 Å². The summed E-state index contributed by atoms with van der Waals surface area (Å²) >= 11 is 0. The molecule has 2 fully saturated rings. The third-order valence-corrected chi connectivity index (χ3v) is 4.63. The molecule has 0 aliphatic carbocycles. The molecule has 3 rings (SSSR count). The lowest BCUT2D eigenvalue weighted by molar-refractivity contribution is -0.143. The van der Waals surface area contributed by atoms with Crippen molar-refractivity contribution >= 4 is 17.5 Å². The zero-order valence-corrected chi connectivity index (χ0v) is 13.2. The number of hydrogen-bond acceptors (Lipinski definition) is 3. The Morgan fingerprint density at radius 1 is 1.14 bits per heavy atom. The zero-order valence-electron chi connectivity index (χ0n) is 13.2. The van der Waals surface area contributed by atoms with Crippen LogP contribution in [0, 0.1) is 19.8 Å². The van der Waals surface area contributed by atoms with Gasteiger partial charge in [-0.3, -0.25) is 9.59 Å². The number of ether oxygens (including phenoxy) is 1. The molecule has 1 aromatic rings. The number of amides is 2. The first kappa shape index (κ1) is 15.0. The summed E-state index contributed by atoms with van der Waals surface area (Å²) in [5.74, 6) is -0.640. The summed E-state index contributed by atoms with van der Waals surface area (Å²) in [4.78, 5) is 28.7. The van der Waals surface area contributed by atoms with Gasteiger partial charge in [0.25, 0.3) is 0 Å². The van der Waals surface area contributed by atoms with Gasteiger partial charge in [-0.25, -0.2) is 0 Å². The van der Waals surface area contributed by atoms with Gasteiger partial charge in [-0.1, -0.05) is 6.07 Å². The van der Waals surface area contributed by atoms with E-state index in [2.05, 4.69) is 6.92 Å². The lowest BCUT2D eigenvalue weighted by atomic mass is 10.1. The quantitative estimate of drug-likeness (QED) is 0.778. The monoisotopic (exact) mass is 302 g/mol. The van der Waals surface area contributed by atoms with Crippen molar-refractivity contribution < 1.29 is 14.3 Å². The predicted octanol–water partition coefficient (Wildman–Crippen LogP) is 1.52. The largest absolute Gasteiger partial charge is 0.378 e. The second kappa shape index (κ2) is 6.08. The summed E-state index contributed by atoms with van der Waals surface area (Å²) in [5.41, 5.74) is 3.26. The Kier molecular flexibility index (Phi) is 4.16. The zero-order chi connectivity index (χ0) is 15.7. The number of aryl methyl sites for hydroxylation is 2. The Hall–Kier alpha value is -1.88. The molecule has 0 aromatic heterocycles. The van der Waals surface area contributed by atoms with E-state index in [1.54, 1.807) is 9.80 Å². The molecular formula is C17H22N2O3. The summed E-state index contributed by atoms with van der Waals surface area (Å²) in [5, 5.41) is 0. The molecule has 0 saturated carbocycles. The third kappa shape index (κ3) is 2.73. The average molecular weight is 302 g/mol.